The lowest BCUT2D eigenvalue weighted by molar-refractivity contribution is 0.260. The molecule has 16 heavy (non-hydrogen) atoms. The second kappa shape index (κ2) is 3.73. The van der Waals surface area contributed by atoms with Crippen molar-refractivity contribution in [2.75, 3.05) is 18.0 Å². The van der Waals surface area contributed by atoms with E-state index < -0.39 is 0 Å². The molecule has 0 amide bonds. The monoisotopic (exact) mass is 222 g/mol. The summed E-state index contributed by atoms with van der Waals surface area (Å²) in [7, 11) is 0. The van der Waals surface area contributed by atoms with Gasteiger partial charge in [0.1, 0.15) is 0 Å². The molecule has 1 saturated carbocycles. The van der Waals surface area contributed by atoms with Crippen LogP contribution < -0.4 is 10.6 Å². The Labute approximate surface area is 95.0 Å². The van der Waals surface area contributed by atoms with Gasteiger partial charge in [-0.15, -0.1) is 0 Å². The minimum atomic E-state index is 0.354. The summed E-state index contributed by atoms with van der Waals surface area (Å²) in [5, 5.41) is 3.84. The Morgan fingerprint density at radius 3 is 2.94 bits per heavy atom. The Bertz CT molecular complexity index is 378. The van der Waals surface area contributed by atoms with E-state index in [1.54, 1.807) is 0 Å². The van der Waals surface area contributed by atoms with Crippen LogP contribution in [0.1, 0.15) is 25.1 Å². The molecule has 3 atom stereocenters. The van der Waals surface area contributed by atoms with Crippen molar-refractivity contribution < 1.29 is 4.52 Å². The highest BCUT2D eigenvalue weighted by atomic mass is 16.5. The summed E-state index contributed by atoms with van der Waals surface area (Å²) >= 11 is 0. The summed E-state index contributed by atoms with van der Waals surface area (Å²) in [5.41, 5.74) is 6.17. The Balaban J connectivity index is 1.76. The van der Waals surface area contributed by atoms with E-state index in [9.17, 15) is 0 Å². The second-order valence-corrected chi connectivity index (χ2v) is 5.05. The number of hydrogen-bond donors (Lipinski definition) is 1. The van der Waals surface area contributed by atoms with Crippen LogP contribution in [0.2, 0.25) is 0 Å². The van der Waals surface area contributed by atoms with Crippen LogP contribution in [0.4, 0.5) is 6.01 Å². The first kappa shape index (κ1) is 10.1. The zero-order chi connectivity index (χ0) is 11.1. The molecule has 0 spiro atoms. The predicted octanol–water partition coefficient (Wildman–Crippen LogP) is 0.942. The molecule has 2 aliphatic rings. The molecule has 0 radical (unpaired) electrons. The molecular formula is C11H18N4O. The van der Waals surface area contributed by atoms with Crippen molar-refractivity contribution >= 4 is 6.01 Å². The van der Waals surface area contributed by atoms with E-state index in [-0.39, 0.29) is 0 Å². The van der Waals surface area contributed by atoms with Crippen LogP contribution in [0.3, 0.4) is 0 Å². The van der Waals surface area contributed by atoms with Crippen molar-refractivity contribution in [3.63, 3.8) is 0 Å². The fraction of sp³-hybridized carbons (Fsp3) is 0.818. The average Bonchev–Trinajstić information content (AvgIpc) is 2.84. The van der Waals surface area contributed by atoms with Crippen LogP contribution >= 0.6 is 0 Å². The highest BCUT2D eigenvalue weighted by molar-refractivity contribution is 5.28. The van der Waals surface area contributed by atoms with Gasteiger partial charge in [-0.1, -0.05) is 11.6 Å². The number of fused-ring (bicyclic) bond motifs is 1. The lowest BCUT2D eigenvalue weighted by Crippen LogP contribution is -2.38. The minimum absolute atomic E-state index is 0.354. The largest absolute Gasteiger partial charge is 0.327 e. The first-order chi connectivity index (χ1) is 7.74. The van der Waals surface area contributed by atoms with Crippen LogP contribution in [-0.2, 0) is 0 Å². The normalized spacial score (nSPS) is 34.1. The van der Waals surface area contributed by atoms with Gasteiger partial charge in [-0.3, -0.25) is 0 Å². The molecule has 5 nitrogen and oxygen atoms in total. The molecule has 0 aromatic carbocycles. The lowest BCUT2D eigenvalue weighted by Gasteiger charge is -2.29. The maximum absolute atomic E-state index is 6.17. The fourth-order valence-electron chi connectivity index (χ4n) is 3.09. The third-order valence-corrected chi connectivity index (χ3v) is 3.94. The molecule has 2 fully saturated rings. The highest BCUT2D eigenvalue weighted by Crippen LogP contribution is 2.36. The van der Waals surface area contributed by atoms with E-state index in [2.05, 4.69) is 15.0 Å². The SMILES string of the molecule is Cc1noc(N2CC3CCC[C@@H](N)[C@@H]3C2)n1. The van der Waals surface area contributed by atoms with Gasteiger partial charge in [0.25, 0.3) is 0 Å². The predicted molar refractivity (Wildman–Crippen MR) is 60.1 cm³/mol. The molecule has 1 unspecified atom stereocenters. The molecule has 3 rings (SSSR count). The Morgan fingerprint density at radius 1 is 1.38 bits per heavy atom. The van der Waals surface area contributed by atoms with Crippen LogP contribution in [0.15, 0.2) is 4.52 Å². The fourth-order valence-corrected chi connectivity index (χ4v) is 3.09. The molecule has 1 aromatic heterocycles. The number of nitrogens with two attached hydrogens (primary N) is 1. The Morgan fingerprint density at radius 2 is 2.25 bits per heavy atom. The van der Waals surface area contributed by atoms with E-state index in [1.165, 1.54) is 12.8 Å². The van der Waals surface area contributed by atoms with Crippen molar-refractivity contribution in [2.24, 2.45) is 17.6 Å². The van der Waals surface area contributed by atoms with Crippen LogP contribution in [0.25, 0.3) is 0 Å². The minimum Gasteiger partial charge on any atom is -0.327 e. The molecule has 2 N–H and O–H groups in total. The maximum Gasteiger partial charge on any atom is 0.324 e. The third-order valence-electron chi connectivity index (χ3n) is 3.94. The molecule has 1 aliphatic carbocycles. The molecule has 1 aromatic rings. The number of aryl methyl sites for hydroxylation is 1. The van der Waals surface area contributed by atoms with Crippen molar-refractivity contribution in [2.45, 2.75) is 32.2 Å². The zero-order valence-electron chi connectivity index (χ0n) is 9.59. The van der Waals surface area contributed by atoms with Gasteiger partial charge in [0.15, 0.2) is 5.82 Å². The summed E-state index contributed by atoms with van der Waals surface area (Å²) in [6.45, 7) is 3.86. The van der Waals surface area contributed by atoms with Gasteiger partial charge in [-0.25, -0.2) is 0 Å². The molecule has 1 aliphatic heterocycles. The van der Waals surface area contributed by atoms with Gasteiger partial charge in [-0.2, -0.15) is 4.98 Å². The molecule has 0 bridgehead atoms. The molecule has 2 heterocycles. The number of hydrogen-bond acceptors (Lipinski definition) is 5. The first-order valence-corrected chi connectivity index (χ1v) is 6.05. The van der Waals surface area contributed by atoms with Crippen LogP contribution in [0, 0.1) is 18.8 Å². The topological polar surface area (TPSA) is 68.2 Å². The highest BCUT2D eigenvalue weighted by Gasteiger charge is 2.40. The van der Waals surface area contributed by atoms with Gasteiger partial charge in [0, 0.05) is 19.1 Å². The van der Waals surface area contributed by atoms with Crippen molar-refractivity contribution in [3.8, 4) is 0 Å². The molecule has 88 valence electrons. The van der Waals surface area contributed by atoms with E-state index in [0.29, 0.717) is 23.8 Å². The third kappa shape index (κ3) is 1.59. The summed E-state index contributed by atoms with van der Waals surface area (Å²) < 4.78 is 5.21. The zero-order valence-corrected chi connectivity index (χ0v) is 9.59. The number of nitrogens with zero attached hydrogens (tertiary/aromatic N) is 3. The van der Waals surface area contributed by atoms with Gasteiger partial charge in [0.2, 0.25) is 0 Å². The van der Waals surface area contributed by atoms with Gasteiger partial charge in [-0.05, 0) is 31.6 Å². The first-order valence-electron chi connectivity index (χ1n) is 6.05. The van der Waals surface area contributed by atoms with E-state index in [1.807, 2.05) is 6.92 Å². The van der Waals surface area contributed by atoms with Gasteiger partial charge in [0.05, 0.1) is 0 Å². The summed E-state index contributed by atoms with van der Waals surface area (Å²) in [6.07, 6.45) is 3.72. The van der Waals surface area contributed by atoms with Crippen molar-refractivity contribution in [1.29, 1.82) is 0 Å². The van der Waals surface area contributed by atoms with Crippen molar-refractivity contribution in [3.05, 3.63) is 5.82 Å². The van der Waals surface area contributed by atoms with Crippen LogP contribution in [-0.4, -0.2) is 29.3 Å². The molecule has 1 saturated heterocycles. The number of aromatic nitrogens is 2. The quantitative estimate of drug-likeness (QED) is 0.766. The van der Waals surface area contributed by atoms with E-state index in [0.717, 1.165) is 25.4 Å². The standard InChI is InChI=1S/C11H18N4O/c1-7-13-11(16-14-7)15-5-8-3-2-4-10(12)9(8)6-15/h8-10H,2-6,12H2,1H3/t8?,9-,10-/m1/s1. The van der Waals surface area contributed by atoms with Gasteiger partial charge < -0.3 is 15.2 Å². The average molecular weight is 222 g/mol. The molecule has 5 heteroatoms. The molecular weight excluding hydrogens is 204 g/mol. The smallest absolute Gasteiger partial charge is 0.324 e. The second-order valence-electron chi connectivity index (χ2n) is 5.05. The number of anilines is 1. The Hall–Kier alpha value is -1.10. The van der Waals surface area contributed by atoms with Crippen LogP contribution in [0.5, 0.6) is 0 Å². The lowest BCUT2D eigenvalue weighted by atomic mass is 9.78. The number of rotatable bonds is 1. The summed E-state index contributed by atoms with van der Waals surface area (Å²) in [6, 6.07) is 1.02. The summed E-state index contributed by atoms with van der Waals surface area (Å²) in [5.74, 6) is 2.03. The maximum atomic E-state index is 6.17. The summed E-state index contributed by atoms with van der Waals surface area (Å²) in [4.78, 5) is 6.48. The van der Waals surface area contributed by atoms with Gasteiger partial charge >= 0.3 is 6.01 Å². The van der Waals surface area contributed by atoms with E-state index in [4.69, 9.17) is 10.3 Å². The van der Waals surface area contributed by atoms with Crippen molar-refractivity contribution in [1.82, 2.24) is 10.1 Å². The Kier molecular flexibility index (Phi) is 2.35. The van der Waals surface area contributed by atoms with E-state index >= 15 is 0 Å².